The molecular formula is C43H67NO7. The second-order valence-corrected chi connectivity index (χ2v) is 17.0. The number of hydrogen-bond acceptors (Lipinski definition) is 7. The zero-order valence-corrected chi connectivity index (χ0v) is 33.6. The number of carbonyl (C=O) groups is 7. The second kappa shape index (κ2) is 21.3. The number of hydrogen-bond donors (Lipinski definition) is 0. The number of ketones is 6. The summed E-state index contributed by atoms with van der Waals surface area (Å²) in [4.78, 5) is 94.4. The number of rotatable bonds is 19. The van der Waals surface area contributed by atoms with Crippen molar-refractivity contribution in [1.82, 2.24) is 4.90 Å². The van der Waals surface area contributed by atoms with E-state index in [4.69, 9.17) is 0 Å². The molecule has 1 amide bonds. The van der Waals surface area contributed by atoms with Gasteiger partial charge in [0.15, 0.2) is 11.6 Å². The number of amides is 1. The lowest BCUT2D eigenvalue weighted by Gasteiger charge is -2.35. The maximum atomic E-state index is 13.9. The van der Waals surface area contributed by atoms with Crippen LogP contribution in [0.1, 0.15) is 158 Å². The number of benzene rings is 1. The molecular weight excluding hydrogens is 642 g/mol. The van der Waals surface area contributed by atoms with Crippen molar-refractivity contribution in [3.63, 3.8) is 0 Å². The molecule has 0 saturated carbocycles. The molecule has 286 valence electrons. The molecule has 8 nitrogen and oxygen atoms in total. The molecule has 1 aliphatic rings. The average molecular weight is 710 g/mol. The topological polar surface area (TPSA) is 123 Å². The molecule has 1 aliphatic heterocycles. The van der Waals surface area contributed by atoms with Gasteiger partial charge in [-0.2, -0.15) is 0 Å². The van der Waals surface area contributed by atoms with Gasteiger partial charge in [-0.15, -0.1) is 0 Å². The molecule has 0 N–H and O–H groups in total. The highest BCUT2D eigenvalue weighted by Gasteiger charge is 2.43. The Balaban J connectivity index is 0.00000418. The van der Waals surface area contributed by atoms with Crippen molar-refractivity contribution in [3.05, 3.63) is 35.9 Å². The Morgan fingerprint density at radius 2 is 1.39 bits per heavy atom. The summed E-state index contributed by atoms with van der Waals surface area (Å²) in [7, 11) is 0. The van der Waals surface area contributed by atoms with Gasteiger partial charge in [0.05, 0.1) is 6.04 Å². The predicted molar refractivity (Wildman–Crippen MR) is 203 cm³/mol. The van der Waals surface area contributed by atoms with Gasteiger partial charge in [0, 0.05) is 68.7 Å². The van der Waals surface area contributed by atoms with E-state index in [1.165, 1.54) is 6.42 Å². The molecule has 8 heteroatoms. The lowest BCUT2D eigenvalue weighted by atomic mass is 9.75. The Kier molecular flexibility index (Phi) is 19.1. The second-order valence-electron chi connectivity index (χ2n) is 17.0. The lowest BCUT2D eigenvalue weighted by molar-refractivity contribution is -0.146. The van der Waals surface area contributed by atoms with Gasteiger partial charge in [0.2, 0.25) is 11.7 Å². The molecule has 1 saturated heterocycles. The summed E-state index contributed by atoms with van der Waals surface area (Å²) in [6.07, 6.45) is 3.16. The molecule has 51 heavy (non-hydrogen) atoms. The predicted octanol–water partition coefficient (Wildman–Crippen LogP) is 8.71. The third-order valence-corrected chi connectivity index (χ3v) is 9.32. The first kappa shape index (κ1) is 45.7. The number of Topliss-reactive ketones (excluding diaryl/α,β-unsaturated/α-hetero) is 6. The summed E-state index contributed by atoms with van der Waals surface area (Å²) < 4.78 is 0. The zero-order chi connectivity index (χ0) is 39.1. The minimum Gasteiger partial charge on any atom is -0.332 e. The summed E-state index contributed by atoms with van der Waals surface area (Å²) in [6.45, 7) is 21.9. The molecule has 4 atom stereocenters. The molecule has 1 aromatic carbocycles. The number of likely N-dealkylation sites (tertiary alicyclic amines) is 1. The molecule has 1 aromatic rings. The smallest absolute Gasteiger partial charge is 0.227 e. The maximum Gasteiger partial charge on any atom is 0.227 e. The van der Waals surface area contributed by atoms with Gasteiger partial charge in [0.25, 0.3) is 0 Å². The normalized spacial score (nSPS) is 16.5. The summed E-state index contributed by atoms with van der Waals surface area (Å²) in [6, 6.07) is 8.40. The highest BCUT2D eigenvalue weighted by atomic mass is 16.2. The van der Waals surface area contributed by atoms with E-state index in [9.17, 15) is 33.6 Å². The first-order valence-electron chi connectivity index (χ1n) is 19.2. The van der Waals surface area contributed by atoms with Crippen LogP contribution in [0, 0.1) is 28.6 Å². The summed E-state index contributed by atoms with van der Waals surface area (Å²) in [5.74, 6) is -4.38. The van der Waals surface area contributed by atoms with Crippen LogP contribution in [0.25, 0.3) is 0 Å². The molecule has 0 spiro atoms. The van der Waals surface area contributed by atoms with Gasteiger partial charge in [-0.05, 0) is 35.7 Å². The summed E-state index contributed by atoms with van der Waals surface area (Å²) in [5.41, 5.74) is 0.0601. The van der Waals surface area contributed by atoms with Crippen LogP contribution in [0.5, 0.6) is 0 Å². The van der Waals surface area contributed by atoms with Crippen molar-refractivity contribution in [3.8, 4) is 0 Å². The molecule has 2 rings (SSSR count). The van der Waals surface area contributed by atoms with Crippen LogP contribution in [0.2, 0.25) is 0 Å². The fraction of sp³-hybridized carbons (Fsp3) is 0.698. The molecule has 0 radical (unpaired) electrons. The van der Waals surface area contributed by atoms with Crippen molar-refractivity contribution in [1.29, 1.82) is 0 Å². The molecule has 1 heterocycles. The zero-order valence-electron chi connectivity index (χ0n) is 33.6. The van der Waals surface area contributed by atoms with Gasteiger partial charge in [-0.3, -0.25) is 33.6 Å². The molecule has 0 bridgehead atoms. The van der Waals surface area contributed by atoms with E-state index in [-0.39, 0.29) is 72.5 Å². The molecule has 1 fully saturated rings. The van der Waals surface area contributed by atoms with Crippen molar-refractivity contribution < 1.29 is 33.6 Å². The van der Waals surface area contributed by atoms with E-state index in [0.717, 1.165) is 5.56 Å². The van der Waals surface area contributed by atoms with Crippen LogP contribution in [-0.4, -0.2) is 58.1 Å². The highest BCUT2D eigenvalue weighted by molar-refractivity contribution is 6.38. The standard InChI is InChI=1S/C40H59NO7.C3H8/c1-10-15-28(37(47)34(44)20-19-29(42)23-31(36(46)26(2)3)27-16-12-11-13-17-27)22-35(45)33-18-14-21-41(33)38(48)32(40(7,8)9)24-30(43)25-39(4,5)6;1-3-2/h11-13,16-17,26,28,31-33H,10,14-15,18-25H2,1-9H3;3H2,1-2H3/t28?,31-,32+,33-;/m0./s1. The maximum absolute atomic E-state index is 13.9. The molecule has 0 aliphatic carbocycles. The van der Waals surface area contributed by atoms with Gasteiger partial charge in [0.1, 0.15) is 17.3 Å². The minimum absolute atomic E-state index is 0.0190. The monoisotopic (exact) mass is 709 g/mol. The van der Waals surface area contributed by atoms with Crippen molar-refractivity contribution in [2.45, 2.75) is 159 Å². The minimum atomic E-state index is -0.825. The van der Waals surface area contributed by atoms with Crippen LogP contribution in [0.3, 0.4) is 0 Å². The highest BCUT2D eigenvalue weighted by Crippen LogP contribution is 2.35. The van der Waals surface area contributed by atoms with E-state index in [2.05, 4.69) is 13.8 Å². The fourth-order valence-electron chi connectivity index (χ4n) is 6.68. The van der Waals surface area contributed by atoms with Gasteiger partial charge < -0.3 is 4.90 Å². The Morgan fingerprint density at radius 3 is 1.90 bits per heavy atom. The third kappa shape index (κ3) is 15.5. The largest absolute Gasteiger partial charge is 0.332 e. The Bertz CT molecular complexity index is 1330. The van der Waals surface area contributed by atoms with E-state index in [1.807, 2.05) is 78.8 Å². The van der Waals surface area contributed by atoms with E-state index in [0.29, 0.717) is 38.6 Å². The first-order valence-corrected chi connectivity index (χ1v) is 19.2. The summed E-state index contributed by atoms with van der Waals surface area (Å²) >= 11 is 0. The van der Waals surface area contributed by atoms with Crippen LogP contribution in [0.4, 0.5) is 0 Å². The van der Waals surface area contributed by atoms with Crippen LogP contribution < -0.4 is 0 Å². The van der Waals surface area contributed by atoms with Gasteiger partial charge >= 0.3 is 0 Å². The first-order chi connectivity index (χ1) is 23.7. The van der Waals surface area contributed by atoms with Gasteiger partial charge in [-0.1, -0.05) is 119 Å². The van der Waals surface area contributed by atoms with Gasteiger partial charge in [-0.25, -0.2) is 0 Å². The third-order valence-electron chi connectivity index (χ3n) is 9.32. The average Bonchev–Trinajstić information content (AvgIpc) is 3.53. The Morgan fingerprint density at radius 1 is 0.804 bits per heavy atom. The van der Waals surface area contributed by atoms with E-state index < -0.39 is 40.8 Å². The van der Waals surface area contributed by atoms with Crippen LogP contribution in [-0.2, 0) is 33.6 Å². The Hall–Kier alpha value is -3.29. The quantitative estimate of drug-likeness (QED) is 0.132. The SMILES string of the molecule is CCC.CCCC(CC(=O)[C@@H]1CCCN1C(=O)[C@@H](CC(=O)CC(C)(C)C)C(C)(C)C)C(=O)C(=O)CCC(=O)C[C@H](C(=O)C(C)C)c1ccccc1. The Labute approximate surface area is 308 Å². The summed E-state index contributed by atoms with van der Waals surface area (Å²) in [5, 5.41) is 0. The van der Waals surface area contributed by atoms with Crippen molar-refractivity contribution in [2.24, 2.45) is 28.6 Å². The van der Waals surface area contributed by atoms with Crippen molar-refractivity contribution in [2.75, 3.05) is 6.54 Å². The number of nitrogens with zero attached hydrogens (tertiary/aromatic N) is 1. The van der Waals surface area contributed by atoms with Crippen LogP contribution >= 0.6 is 0 Å². The molecule has 1 unspecified atom stereocenters. The number of carbonyl (C=O) groups excluding carboxylic acids is 7. The van der Waals surface area contributed by atoms with E-state index in [1.54, 1.807) is 18.7 Å². The molecule has 0 aromatic heterocycles. The van der Waals surface area contributed by atoms with Crippen molar-refractivity contribution >= 4 is 40.6 Å². The lowest BCUT2D eigenvalue weighted by Crippen LogP contribution is -2.47. The van der Waals surface area contributed by atoms with E-state index >= 15 is 0 Å². The fourth-order valence-corrected chi connectivity index (χ4v) is 6.68. The van der Waals surface area contributed by atoms with Crippen LogP contribution in [0.15, 0.2) is 30.3 Å².